The molecule has 0 aliphatic carbocycles. The van der Waals surface area contributed by atoms with E-state index in [0.29, 0.717) is 6.04 Å². The number of nitrogens with zero attached hydrogens (tertiary/aromatic N) is 2. The summed E-state index contributed by atoms with van der Waals surface area (Å²) < 4.78 is 8.05. The molecule has 1 aromatic rings. The van der Waals surface area contributed by atoms with Gasteiger partial charge in [0.15, 0.2) is 0 Å². The molecule has 74 valence electrons. The molecule has 0 spiro atoms. The van der Waals surface area contributed by atoms with E-state index in [1.807, 2.05) is 0 Å². The van der Waals surface area contributed by atoms with Crippen LogP contribution in [0.5, 0.6) is 0 Å². The summed E-state index contributed by atoms with van der Waals surface area (Å²) in [7, 11) is 0. The lowest BCUT2D eigenvalue weighted by atomic mass is 10.3. The zero-order chi connectivity index (χ0) is 9.52. The molecule has 1 aromatic heterocycles. The molecule has 1 rings (SSSR count). The summed E-state index contributed by atoms with van der Waals surface area (Å²) >= 11 is 1.25. The molecule has 0 radical (unpaired) electrons. The molecule has 0 bridgehead atoms. The minimum Gasteiger partial charge on any atom is -0.315 e. The van der Waals surface area contributed by atoms with Crippen molar-refractivity contribution >= 4 is 11.7 Å². The Kier molecular flexibility index (Phi) is 4.88. The van der Waals surface area contributed by atoms with Gasteiger partial charge in [0.1, 0.15) is 0 Å². The number of aromatic nitrogens is 2. The summed E-state index contributed by atoms with van der Waals surface area (Å²) in [6.07, 6.45) is 1.80. The van der Waals surface area contributed by atoms with Crippen LogP contribution >= 0.6 is 11.7 Å². The minimum atomic E-state index is 0.474. The Morgan fingerprint density at radius 1 is 1.62 bits per heavy atom. The van der Waals surface area contributed by atoms with Gasteiger partial charge in [-0.05, 0) is 13.5 Å². The second-order valence-corrected chi connectivity index (χ2v) is 3.55. The third-order valence-corrected chi connectivity index (χ3v) is 2.25. The minimum absolute atomic E-state index is 0.474. The molecule has 0 aliphatic rings. The van der Waals surface area contributed by atoms with Gasteiger partial charge in [-0.3, -0.25) is 0 Å². The van der Waals surface area contributed by atoms with Gasteiger partial charge >= 0.3 is 0 Å². The fourth-order valence-electron chi connectivity index (χ4n) is 0.974. The smallest absolute Gasteiger partial charge is 0.0880 e. The highest BCUT2D eigenvalue weighted by atomic mass is 32.1. The Hall–Kier alpha value is -0.520. The Bertz CT molecular complexity index is 212. The van der Waals surface area contributed by atoms with Crippen molar-refractivity contribution in [1.29, 1.82) is 0 Å². The van der Waals surface area contributed by atoms with Crippen LogP contribution in [0.3, 0.4) is 0 Å². The van der Waals surface area contributed by atoms with Gasteiger partial charge in [0.25, 0.3) is 0 Å². The lowest BCUT2D eigenvalue weighted by Crippen LogP contribution is -2.35. The van der Waals surface area contributed by atoms with Gasteiger partial charge in [-0.2, -0.15) is 8.75 Å². The van der Waals surface area contributed by atoms with Crippen molar-refractivity contribution < 1.29 is 0 Å². The van der Waals surface area contributed by atoms with Crippen molar-refractivity contribution in [2.45, 2.75) is 26.4 Å². The highest BCUT2D eigenvalue weighted by Gasteiger charge is 2.01. The maximum absolute atomic E-state index is 4.12. The summed E-state index contributed by atoms with van der Waals surface area (Å²) in [5.41, 5.74) is 1.02. The fraction of sp³-hybridized carbons (Fsp3) is 0.750. The van der Waals surface area contributed by atoms with Crippen molar-refractivity contribution in [3.8, 4) is 0 Å². The molecule has 0 aliphatic heterocycles. The van der Waals surface area contributed by atoms with Gasteiger partial charge in [-0.15, -0.1) is 0 Å². The SMILES string of the molecule is CCNCC(C)NCc1cnsn1. The van der Waals surface area contributed by atoms with Crippen LogP contribution in [0.1, 0.15) is 19.5 Å². The first kappa shape index (κ1) is 10.6. The van der Waals surface area contributed by atoms with Crippen molar-refractivity contribution in [2.24, 2.45) is 0 Å². The average molecular weight is 200 g/mol. The monoisotopic (exact) mass is 200 g/mol. The van der Waals surface area contributed by atoms with E-state index >= 15 is 0 Å². The highest BCUT2D eigenvalue weighted by molar-refractivity contribution is 6.99. The third-order valence-electron chi connectivity index (χ3n) is 1.74. The van der Waals surface area contributed by atoms with Gasteiger partial charge in [0.2, 0.25) is 0 Å². The molecule has 4 nitrogen and oxygen atoms in total. The van der Waals surface area contributed by atoms with Crippen LogP contribution in [0.2, 0.25) is 0 Å². The van der Waals surface area contributed by atoms with Crippen LogP contribution in [-0.2, 0) is 6.54 Å². The Morgan fingerprint density at radius 3 is 3.08 bits per heavy atom. The van der Waals surface area contributed by atoms with E-state index in [2.05, 4.69) is 33.2 Å². The van der Waals surface area contributed by atoms with E-state index < -0.39 is 0 Å². The number of hydrogen-bond donors (Lipinski definition) is 2. The summed E-state index contributed by atoms with van der Waals surface area (Å²) in [6, 6.07) is 0.474. The second-order valence-electron chi connectivity index (χ2n) is 2.99. The van der Waals surface area contributed by atoms with Gasteiger partial charge in [-0.1, -0.05) is 6.92 Å². The summed E-state index contributed by atoms with van der Waals surface area (Å²) in [6.45, 7) is 7.08. The molecule has 0 aromatic carbocycles. The molecule has 0 amide bonds. The first-order valence-electron chi connectivity index (χ1n) is 4.53. The molecule has 1 unspecified atom stereocenters. The molecular formula is C8H16N4S. The molecule has 5 heteroatoms. The Balaban J connectivity index is 2.11. The first-order valence-corrected chi connectivity index (χ1v) is 5.26. The molecular weight excluding hydrogens is 184 g/mol. The lowest BCUT2D eigenvalue weighted by Gasteiger charge is -2.12. The molecule has 0 saturated carbocycles. The van der Waals surface area contributed by atoms with E-state index in [-0.39, 0.29) is 0 Å². The van der Waals surface area contributed by atoms with Crippen LogP contribution in [0.15, 0.2) is 6.20 Å². The quantitative estimate of drug-likeness (QED) is 0.707. The van der Waals surface area contributed by atoms with E-state index in [1.54, 1.807) is 6.20 Å². The predicted molar refractivity (Wildman–Crippen MR) is 54.8 cm³/mol. The van der Waals surface area contributed by atoms with Crippen molar-refractivity contribution in [3.05, 3.63) is 11.9 Å². The largest absolute Gasteiger partial charge is 0.315 e. The maximum Gasteiger partial charge on any atom is 0.0880 e. The summed E-state index contributed by atoms with van der Waals surface area (Å²) in [5, 5.41) is 6.64. The predicted octanol–water partition coefficient (Wildman–Crippen LogP) is 0.626. The van der Waals surface area contributed by atoms with E-state index in [1.165, 1.54) is 11.7 Å². The maximum atomic E-state index is 4.12. The van der Waals surface area contributed by atoms with Gasteiger partial charge in [0.05, 0.1) is 23.6 Å². The Morgan fingerprint density at radius 2 is 2.46 bits per heavy atom. The van der Waals surface area contributed by atoms with E-state index in [9.17, 15) is 0 Å². The van der Waals surface area contributed by atoms with Crippen molar-refractivity contribution in [1.82, 2.24) is 19.4 Å². The lowest BCUT2D eigenvalue weighted by molar-refractivity contribution is 0.506. The molecule has 13 heavy (non-hydrogen) atoms. The number of likely N-dealkylation sites (N-methyl/N-ethyl adjacent to an activating group) is 1. The zero-order valence-electron chi connectivity index (χ0n) is 8.08. The van der Waals surface area contributed by atoms with Crippen LogP contribution in [0.25, 0.3) is 0 Å². The number of nitrogens with one attached hydrogen (secondary N) is 2. The normalized spacial score (nSPS) is 13.1. The van der Waals surface area contributed by atoms with Gasteiger partial charge in [-0.25, -0.2) is 0 Å². The molecule has 1 heterocycles. The summed E-state index contributed by atoms with van der Waals surface area (Å²) in [4.78, 5) is 0. The molecule has 2 N–H and O–H groups in total. The standard InChI is InChI=1S/C8H16N4S/c1-3-9-4-7(2)10-5-8-6-11-13-12-8/h6-7,9-10H,3-5H2,1-2H3. The number of rotatable bonds is 6. The third kappa shape index (κ3) is 4.31. The average Bonchev–Trinajstić information content (AvgIpc) is 2.64. The second kappa shape index (κ2) is 6.01. The zero-order valence-corrected chi connectivity index (χ0v) is 8.90. The first-order chi connectivity index (χ1) is 6.33. The topological polar surface area (TPSA) is 49.8 Å². The van der Waals surface area contributed by atoms with Crippen LogP contribution < -0.4 is 10.6 Å². The summed E-state index contributed by atoms with van der Waals surface area (Å²) in [5.74, 6) is 0. The van der Waals surface area contributed by atoms with Crippen LogP contribution in [0.4, 0.5) is 0 Å². The van der Waals surface area contributed by atoms with Crippen LogP contribution in [-0.4, -0.2) is 27.9 Å². The van der Waals surface area contributed by atoms with E-state index in [0.717, 1.165) is 25.3 Å². The highest BCUT2D eigenvalue weighted by Crippen LogP contribution is 1.94. The fourth-order valence-corrected chi connectivity index (χ4v) is 1.41. The molecule has 0 fully saturated rings. The van der Waals surface area contributed by atoms with Crippen molar-refractivity contribution in [2.75, 3.05) is 13.1 Å². The molecule has 0 saturated heterocycles. The van der Waals surface area contributed by atoms with Crippen molar-refractivity contribution in [3.63, 3.8) is 0 Å². The van der Waals surface area contributed by atoms with Crippen LogP contribution in [0, 0.1) is 0 Å². The van der Waals surface area contributed by atoms with E-state index in [4.69, 9.17) is 0 Å². The number of hydrogen-bond acceptors (Lipinski definition) is 5. The Labute approximate surface area is 83.1 Å². The van der Waals surface area contributed by atoms with Gasteiger partial charge < -0.3 is 10.6 Å². The molecule has 1 atom stereocenters. The van der Waals surface area contributed by atoms with Gasteiger partial charge in [0, 0.05) is 19.1 Å².